The van der Waals surface area contributed by atoms with Crippen molar-refractivity contribution in [2.75, 3.05) is 20.3 Å². The summed E-state index contributed by atoms with van der Waals surface area (Å²) < 4.78 is 5.10. The van der Waals surface area contributed by atoms with Gasteiger partial charge in [-0.2, -0.15) is 0 Å². The van der Waals surface area contributed by atoms with Crippen molar-refractivity contribution < 1.29 is 4.74 Å². The summed E-state index contributed by atoms with van der Waals surface area (Å²) in [4.78, 5) is 0. The average molecular weight is 235 g/mol. The molecule has 0 aromatic heterocycles. The highest BCUT2D eigenvalue weighted by molar-refractivity contribution is 5.19. The SMILES string of the molecule is COCCNC(CC(C)(C)C)c1ccccc1. The molecule has 0 amide bonds. The lowest BCUT2D eigenvalue weighted by molar-refractivity contribution is 0.190. The molecule has 2 heteroatoms. The first-order valence-corrected chi connectivity index (χ1v) is 6.30. The molecule has 0 bridgehead atoms. The van der Waals surface area contributed by atoms with E-state index in [4.69, 9.17) is 4.74 Å². The molecule has 0 aliphatic rings. The lowest BCUT2D eigenvalue weighted by Crippen LogP contribution is -2.28. The molecule has 96 valence electrons. The van der Waals surface area contributed by atoms with E-state index in [0.717, 1.165) is 19.6 Å². The van der Waals surface area contributed by atoms with Crippen LogP contribution in [0.1, 0.15) is 38.8 Å². The van der Waals surface area contributed by atoms with E-state index in [0.29, 0.717) is 11.5 Å². The molecule has 0 fully saturated rings. The maximum absolute atomic E-state index is 5.10. The first-order chi connectivity index (χ1) is 8.03. The topological polar surface area (TPSA) is 21.3 Å². The van der Waals surface area contributed by atoms with E-state index in [1.54, 1.807) is 7.11 Å². The molecule has 1 N–H and O–H groups in total. The molecule has 0 saturated carbocycles. The quantitative estimate of drug-likeness (QED) is 0.763. The Kier molecular flexibility index (Phi) is 5.66. The minimum Gasteiger partial charge on any atom is -0.383 e. The van der Waals surface area contributed by atoms with Crippen molar-refractivity contribution in [3.05, 3.63) is 35.9 Å². The minimum atomic E-state index is 0.320. The van der Waals surface area contributed by atoms with E-state index in [-0.39, 0.29) is 0 Å². The Labute approximate surface area is 105 Å². The Hall–Kier alpha value is -0.860. The minimum absolute atomic E-state index is 0.320. The van der Waals surface area contributed by atoms with Crippen LogP contribution in [0.3, 0.4) is 0 Å². The van der Waals surface area contributed by atoms with Gasteiger partial charge in [0, 0.05) is 19.7 Å². The molecule has 0 aliphatic heterocycles. The third kappa shape index (κ3) is 5.85. The molecule has 17 heavy (non-hydrogen) atoms. The van der Waals surface area contributed by atoms with E-state index >= 15 is 0 Å². The summed E-state index contributed by atoms with van der Waals surface area (Å²) in [6.07, 6.45) is 1.13. The van der Waals surface area contributed by atoms with Gasteiger partial charge >= 0.3 is 0 Å². The molecular weight excluding hydrogens is 210 g/mol. The van der Waals surface area contributed by atoms with Crippen molar-refractivity contribution in [1.29, 1.82) is 0 Å². The van der Waals surface area contributed by atoms with Gasteiger partial charge in [0.2, 0.25) is 0 Å². The Bertz CT molecular complexity index is 302. The Balaban J connectivity index is 2.65. The second-order valence-electron chi connectivity index (χ2n) is 5.67. The third-order valence-corrected chi connectivity index (χ3v) is 2.72. The van der Waals surface area contributed by atoms with Crippen LogP contribution in [-0.4, -0.2) is 20.3 Å². The van der Waals surface area contributed by atoms with Crippen LogP contribution in [-0.2, 0) is 4.74 Å². The van der Waals surface area contributed by atoms with E-state index < -0.39 is 0 Å². The van der Waals surface area contributed by atoms with E-state index in [9.17, 15) is 0 Å². The van der Waals surface area contributed by atoms with Crippen LogP contribution in [0.5, 0.6) is 0 Å². The lowest BCUT2D eigenvalue weighted by Gasteiger charge is -2.27. The van der Waals surface area contributed by atoms with Crippen LogP contribution in [0.4, 0.5) is 0 Å². The molecular formula is C15H25NO. The zero-order valence-electron chi connectivity index (χ0n) is 11.5. The fraction of sp³-hybridized carbons (Fsp3) is 0.600. The molecule has 0 heterocycles. The van der Waals surface area contributed by atoms with Crippen LogP contribution in [0, 0.1) is 5.41 Å². The smallest absolute Gasteiger partial charge is 0.0587 e. The summed E-state index contributed by atoms with van der Waals surface area (Å²) in [5, 5.41) is 3.57. The van der Waals surface area contributed by atoms with Gasteiger partial charge in [-0.1, -0.05) is 51.1 Å². The fourth-order valence-electron chi connectivity index (χ4n) is 1.94. The van der Waals surface area contributed by atoms with E-state index in [1.165, 1.54) is 5.56 Å². The van der Waals surface area contributed by atoms with Crippen LogP contribution >= 0.6 is 0 Å². The zero-order chi connectivity index (χ0) is 12.7. The molecule has 1 unspecified atom stereocenters. The molecule has 1 aromatic rings. The highest BCUT2D eigenvalue weighted by Crippen LogP contribution is 2.29. The van der Waals surface area contributed by atoms with Crippen molar-refractivity contribution >= 4 is 0 Å². The van der Waals surface area contributed by atoms with Crippen molar-refractivity contribution in [2.45, 2.75) is 33.2 Å². The standard InChI is InChI=1S/C15H25NO/c1-15(2,3)12-14(16-10-11-17-4)13-8-6-5-7-9-13/h5-9,14,16H,10-12H2,1-4H3. The maximum Gasteiger partial charge on any atom is 0.0587 e. The molecule has 1 rings (SSSR count). The van der Waals surface area contributed by atoms with Gasteiger partial charge in [-0.05, 0) is 17.4 Å². The van der Waals surface area contributed by atoms with E-state index in [2.05, 4.69) is 56.4 Å². The maximum atomic E-state index is 5.10. The van der Waals surface area contributed by atoms with Crippen molar-refractivity contribution in [3.63, 3.8) is 0 Å². The number of hydrogen-bond acceptors (Lipinski definition) is 2. The highest BCUT2D eigenvalue weighted by Gasteiger charge is 2.19. The van der Waals surface area contributed by atoms with E-state index in [1.807, 2.05) is 0 Å². The van der Waals surface area contributed by atoms with Gasteiger partial charge in [-0.3, -0.25) is 0 Å². The summed E-state index contributed by atoms with van der Waals surface area (Å²) in [6, 6.07) is 11.1. The van der Waals surface area contributed by atoms with Gasteiger partial charge in [0.25, 0.3) is 0 Å². The second kappa shape index (κ2) is 6.77. The molecule has 2 nitrogen and oxygen atoms in total. The summed E-state index contributed by atoms with van der Waals surface area (Å²) in [5.41, 5.74) is 1.68. The Morgan fingerprint density at radius 3 is 2.35 bits per heavy atom. The molecule has 0 aliphatic carbocycles. The fourth-order valence-corrected chi connectivity index (χ4v) is 1.94. The second-order valence-corrected chi connectivity index (χ2v) is 5.67. The predicted molar refractivity (Wildman–Crippen MR) is 73.1 cm³/mol. The van der Waals surface area contributed by atoms with Crippen LogP contribution in [0.15, 0.2) is 30.3 Å². The zero-order valence-corrected chi connectivity index (χ0v) is 11.5. The van der Waals surface area contributed by atoms with Gasteiger partial charge in [0.1, 0.15) is 0 Å². The van der Waals surface area contributed by atoms with Crippen molar-refractivity contribution in [3.8, 4) is 0 Å². The summed E-state index contributed by atoms with van der Waals surface area (Å²) in [5.74, 6) is 0. The van der Waals surface area contributed by atoms with Gasteiger partial charge < -0.3 is 10.1 Å². The van der Waals surface area contributed by atoms with Crippen molar-refractivity contribution in [1.82, 2.24) is 5.32 Å². The van der Waals surface area contributed by atoms with Gasteiger partial charge in [-0.15, -0.1) is 0 Å². The molecule has 0 radical (unpaired) electrons. The molecule has 0 saturated heterocycles. The summed E-state index contributed by atoms with van der Waals surface area (Å²) >= 11 is 0. The number of benzene rings is 1. The first-order valence-electron chi connectivity index (χ1n) is 6.30. The predicted octanol–water partition coefficient (Wildman–Crippen LogP) is 3.40. The normalized spacial score (nSPS) is 13.6. The summed E-state index contributed by atoms with van der Waals surface area (Å²) in [7, 11) is 1.74. The van der Waals surface area contributed by atoms with Crippen LogP contribution in [0.25, 0.3) is 0 Å². The third-order valence-electron chi connectivity index (χ3n) is 2.72. The number of ether oxygens (including phenoxy) is 1. The van der Waals surface area contributed by atoms with Crippen molar-refractivity contribution in [2.24, 2.45) is 5.41 Å². The molecule has 0 spiro atoms. The molecule has 1 atom stereocenters. The first kappa shape index (κ1) is 14.2. The largest absolute Gasteiger partial charge is 0.383 e. The Morgan fingerprint density at radius 2 is 1.82 bits per heavy atom. The van der Waals surface area contributed by atoms with Crippen LogP contribution < -0.4 is 5.32 Å². The Morgan fingerprint density at radius 1 is 1.18 bits per heavy atom. The van der Waals surface area contributed by atoms with Gasteiger partial charge in [0.05, 0.1) is 6.61 Å². The highest BCUT2D eigenvalue weighted by atomic mass is 16.5. The number of rotatable bonds is 6. The monoisotopic (exact) mass is 235 g/mol. The van der Waals surface area contributed by atoms with Gasteiger partial charge in [0.15, 0.2) is 0 Å². The number of nitrogens with one attached hydrogen (secondary N) is 1. The molecule has 1 aromatic carbocycles. The number of methoxy groups -OCH3 is 1. The number of hydrogen-bond donors (Lipinski definition) is 1. The average Bonchev–Trinajstić information content (AvgIpc) is 2.28. The van der Waals surface area contributed by atoms with Crippen LogP contribution in [0.2, 0.25) is 0 Å². The summed E-state index contributed by atoms with van der Waals surface area (Å²) in [6.45, 7) is 8.49. The lowest BCUT2D eigenvalue weighted by atomic mass is 9.85. The van der Waals surface area contributed by atoms with Gasteiger partial charge in [-0.25, -0.2) is 0 Å².